The van der Waals surface area contributed by atoms with Crippen LogP contribution in [0.4, 0.5) is 5.69 Å². The molecule has 5 nitrogen and oxygen atoms in total. The molecule has 0 saturated carbocycles. The predicted molar refractivity (Wildman–Crippen MR) is 120 cm³/mol. The number of hydrogen-bond acceptors (Lipinski definition) is 4. The van der Waals surface area contributed by atoms with E-state index in [9.17, 15) is 4.79 Å². The molecule has 0 N–H and O–H groups in total. The summed E-state index contributed by atoms with van der Waals surface area (Å²) in [5, 5.41) is 0.802. The standard InChI is InChI=1S/C23H35ClN4O/c1-2-25-11-8-19(9-12-25)23(29)28-10-4-7-22(18-28)27-15-13-26(14-16-27)21-6-3-5-20(24)17-21/h3,5-6,17,19,22H,2,4,7-16,18H2,1H3. The molecule has 1 atom stereocenters. The van der Waals surface area contributed by atoms with Crippen LogP contribution in [0.25, 0.3) is 0 Å². The van der Waals surface area contributed by atoms with Gasteiger partial charge in [-0.3, -0.25) is 9.69 Å². The third-order valence-electron chi connectivity index (χ3n) is 7.10. The molecule has 0 bridgehead atoms. The second-order valence-electron chi connectivity index (χ2n) is 8.79. The van der Waals surface area contributed by atoms with E-state index in [0.717, 1.165) is 83.2 Å². The molecular formula is C23H35ClN4O. The van der Waals surface area contributed by atoms with E-state index < -0.39 is 0 Å². The zero-order chi connectivity index (χ0) is 20.2. The number of anilines is 1. The van der Waals surface area contributed by atoms with Crippen LogP contribution in [-0.2, 0) is 4.79 Å². The normalized spacial score (nSPS) is 25.4. The van der Waals surface area contributed by atoms with Crippen molar-refractivity contribution in [2.75, 3.05) is 63.8 Å². The van der Waals surface area contributed by atoms with E-state index in [1.54, 1.807) is 0 Å². The number of rotatable bonds is 4. The van der Waals surface area contributed by atoms with Gasteiger partial charge in [-0.25, -0.2) is 0 Å². The Labute approximate surface area is 180 Å². The van der Waals surface area contributed by atoms with Gasteiger partial charge in [-0.1, -0.05) is 24.6 Å². The highest BCUT2D eigenvalue weighted by atomic mass is 35.5. The molecule has 1 amide bonds. The Morgan fingerprint density at radius 2 is 1.79 bits per heavy atom. The number of halogens is 1. The zero-order valence-electron chi connectivity index (χ0n) is 17.7. The lowest BCUT2D eigenvalue weighted by atomic mass is 9.93. The lowest BCUT2D eigenvalue weighted by Crippen LogP contribution is -2.56. The summed E-state index contributed by atoms with van der Waals surface area (Å²) in [6, 6.07) is 8.68. The third kappa shape index (κ3) is 5.07. The van der Waals surface area contributed by atoms with Crippen molar-refractivity contribution in [1.29, 1.82) is 0 Å². The van der Waals surface area contributed by atoms with Crippen LogP contribution in [0.1, 0.15) is 32.6 Å². The quantitative estimate of drug-likeness (QED) is 0.751. The topological polar surface area (TPSA) is 30.0 Å². The van der Waals surface area contributed by atoms with Crippen LogP contribution >= 0.6 is 11.6 Å². The van der Waals surface area contributed by atoms with Crippen LogP contribution in [0.2, 0.25) is 5.02 Å². The van der Waals surface area contributed by atoms with Crippen LogP contribution < -0.4 is 4.90 Å². The molecule has 0 spiro atoms. The molecule has 29 heavy (non-hydrogen) atoms. The number of carbonyl (C=O) groups is 1. The minimum Gasteiger partial charge on any atom is -0.369 e. The van der Waals surface area contributed by atoms with Crippen molar-refractivity contribution < 1.29 is 4.79 Å². The minimum atomic E-state index is 0.247. The zero-order valence-corrected chi connectivity index (χ0v) is 18.5. The molecule has 1 unspecified atom stereocenters. The molecule has 1 aromatic carbocycles. The summed E-state index contributed by atoms with van der Waals surface area (Å²) >= 11 is 6.16. The SMILES string of the molecule is CCN1CCC(C(=O)N2CCCC(N3CCN(c4cccc(Cl)c4)CC3)C2)CC1. The van der Waals surface area contributed by atoms with Crippen molar-refractivity contribution in [1.82, 2.24) is 14.7 Å². The van der Waals surface area contributed by atoms with E-state index in [0.29, 0.717) is 11.9 Å². The van der Waals surface area contributed by atoms with Gasteiger partial charge in [-0.15, -0.1) is 0 Å². The summed E-state index contributed by atoms with van der Waals surface area (Å²) in [6.07, 6.45) is 4.42. The van der Waals surface area contributed by atoms with Crippen molar-refractivity contribution >= 4 is 23.2 Å². The molecule has 3 heterocycles. The Bertz CT molecular complexity index is 683. The summed E-state index contributed by atoms with van der Waals surface area (Å²) in [6.45, 7) is 11.5. The second-order valence-corrected chi connectivity index (χ2v) is 9.23. The molecule has 3 saturated heterocycles. The number of amides is 1. The predicted octanol–water partition coefficient (Wildman–Crippen LogP) is 3.18. The number of carbonyl (C=O) groups excluding carboxylic acids is 1. The van der Waals surface area contributed by atoms with Crippen molar-refractivity contribution in [3.63, 3.8) is 0 Å². The number of piperidine rings is 2. The van der Waals surface area contributed by atoms with Gasteiger partial charge in [0, 0.05) is 61.9 Å². The fourth-order valence-electron chi connectivity index (χ4n) is 5.23. The molecule has 4 rings (SSSR count). The Morgan fingerprint density at radius 3 is 2.48 bits per heavy atom. The maximum absolute atomic E-state index is 13.1. The van der Waals surface area contributed by atoms with Gasteiger partial charge in [-0.05, 0) is 63.5 Å². The fourth-order valence-corrected chi connectivity index (χ4v) is 5.41. The first-order chi connectivity index (χ1) is 14.1. The van der Waals surface area contributed by atoms with Gasteiger partial charge in [0.25, 0.3) is 0 Å². The number of likely N-dealkylation sites (tertiary alicyclic amines) is 2. The monoisotopic (exact) mass is 418 g/mol. The Kier molecular flexibility index (Phi) is 6.99. The van der Waals surface area contributed by atoms with Crippen molar-refractivity contribution in [3.05, 3.63) is 29.3 Å². The largest absolute Gasteiger partial charge is 0.369 e. The highest BCUT2D eigenvalue weighted by molar-refractivity contribution is 6.30. The molecule has 160 valence electrons. The van der Waals surface area contributed by atoms with E-state index in [1.165, 1.54) is 12.1 Å². The first-order valence-corrected chi connectivity index (χ1v) is 11.8. The van der Waals surface area contributed by atoms with Gasteiger partial charge in [0.05, 0.1) is 0 Å². The van der Waals surface area contributed by atoms with Gasteiger partial charge >= 0.3 is 0 Å². The molecule has 6 heteroatoms. The van der Waals surface area contributed by atoms with E-state index in [-0.39, 0.29) is 5.92 Å². The molecule has 3 aliphatic heterocycles. The van der Waals surface area contributed by atoms with Crippen molar-refractivity contribution in [2.24, 2.45) is 5.92 Å². The maximum Gasteiger partial charge on any atom is 0.225 e. The summed E-state index contributed by atoms with van der Waals surface area (Å²) in [5.74, 6) is 0.666. The summed E-state index contributed by atoms with van der Waals surface area (Å²) in [7, 11) is 0. The maximum atomic E-state index is 13.1. The highest BCUT2D eigenvalue weighted by Crippen LogP contribution is 2.25. The second kappa shape index (κ2) is 9.67. The Balaban J connectivity index is 1.28. The van der Waals surface area contributed by atoms with E-state index in [2.05, 4.69) is 38.7 Å². The fraction of sp³-hybridized carbons (Fsp3) is 0.696. The molecule has 0 aliphatic carbocycles. The van der Waals surface area contributed by atoms with Crippen LogP contribution in [0, 0.1) is 5.92 Å². The van der Waals surface area contributed by atoms with Crippen LogP contribution in [0.15, 0.2) is 24.3 Å². The average molecular weight is 419 g/mol. The number of nitrogens with zero attached hydrogens (tertiary/aromatic N) is 4. The highest BCUT2D eigenvalue weighted by Gasteiger charge is 2.33. The Hall–Kier alpha value is -1.30. The molecule has 3 aliphatic rings. The van der Waals surface area contributed by atoms with Crippen LogP contribution in [0.5, 0.6) is 0 Å². The Morgan fingerprint density at radius 1 is 1.03 bits per heavy atom. The molecule has 3 fully saturated rings. The van der Waals surface area contributed by atoms with E-state index >= 15 is 0 Å². The van der Waals surface area contributed by atoms with Gasteiger partial charge < -0.3 is 14.7 Å². The van der Waals surface area contributed by atoms with E-state index in [4.69, 9.17) is 11.6 Å². The van der Waals surface area contributed by atoms with Crippen molar-refractivity contribution in [3.8, 4) is 0 Å². The van der Waals surface area contributed by atoms with Gasteiger partial charge in [0.2, 0.25) is 5.91 Å². The number of piperazine rings is 1. The summed E-state index contributed by atoms with van der Waals surface area (Å²) < 4.78 is 0. The first kappa shape index (κ1) is 21.0. The van der Waals surface area contributed by atoms with Crippen LogP contribution in [0.3, 0.4) is 0 Å². The summed E-state index contributed by atoms with van der Waals surface area (Å²) in [5.41, 5.74) is 1.22. The van der Waals surface area contributed by atoms with Crippen molar-refractivity contribution in [2.45, 2.75) is 38.6 Å². The number of hydrogen-bond donors (Lipinski definition) is 0. The molecule has 0 aromatic heterocycles. The lowest BCUT2D eigenvalue weighted by molar-refractivity contribution is -0.139. The minimum absolute atomic E-state index is 0.247. The average Bonchev–Trinajstić information content (AvgIpc) is 2.79. The molecule has 1 aromatic rings. The smallest absolute Gasteiger partial charge is 0.225 e. The van der Waals surface area contributed by atoms with Gasteiger partial charge in [0.15, 0.2) is 0 Å². The van der Waals surface area contributed by atoms with Crippen LogP contribution in [-0.4, -0.2) is 85.6 Å². The first-order valence-electron chi connectivity index (χ1n) is 11.4. The van der Waals surface area contributed by atoms with Gasteiger partial charge in [0.1, 0.15) is 0 Å². The lowest BCUT2D eigenvalue weighted by Gasteiger charge is -2.44. The van der Waals surface area contributed by atoms with Gasteiger partial charge in [-0.2, -0.15) is 0 Å². The molecular weight excluding hydrogens is 384 g/mol. The summed E-state index contributed by atoms with van der Waals surface area (Å²) in [4.78, 5) is 22.8. The van der Waals surface area contributed by atoms with E-state index in [1.807, 2.05) is 12.1 Å². The number of benzene rings is 1. The molecule has 0 radical (unpaired) electrons. The third-order valence-corrected chi connectivity index (χ3v) is 7.33.